The fourth-order valence-corrected chi connectivity index (χ4v) is 2.74. The van der Waals surface area contributed by atoms with Crippen LogP contribution in [-0.4, -0.2) is 56.1 Å². The monoisotopic (exact) mass is 445 g/mol. The lowest BCUT2D eigenvalue weighted by Crippen LogP contribution is -2.35. The van der Waals surface area contributed by atoms with Crippen LogP contribution in [0, 0.1) is 0 Å². The highest BCUT2D eigenvalue weighted by molar-refractivity contribution is 5.88. The summed E-state index contributed by atoms with van der Waals surface area (Å²) in [5.41, 5.74) is 3.28. The molecule has 1 N–H and O–H groups in total. The molecule has 0 saturated heterocycles. The van der Waals surface area contributed by atoms with E-state index in [2.05, 4.69) is 59.2 Å². The number of likely N-dealkylation sites (N-methyl/N-ethyl adjacent to an activating group) is 1. The molecule has 6 nitrogen and oxygen atoms in total. The second-order valence-electron chi connectivity index (χ2n) is 6.85. The summed E-state index contributed by atoms with van der Waals surface area (Å²) < 4.78 is 0. The first-order chi connectivity index (χ1) is 16.1. The Hall–Kier alpha value is -3.64. The molecule has 174 valence electrons. The van der Waals surface area contributed by atoms with Crippen LogP contribution in [0.25, 0.3) is 0 Å². The van der Waals surface area contributed by atoms with Crippen molar-refractivity contribution in [2.24, 2.45) is 15.0 Å². The summed E-state index contributed by atoms with van der Waals surface area (Å²) in [6, 6.07) is 8.18. The zero-order valence-corrected chi connectivity index (χ0v) is 19.8. The zero-order chi connectivity index (χ0) is 24.3. The van der Waals surface area contributed by atoms with Crippen molar-refractivity contribution in [1.82, 2.24) is 10.2 Å². The summed E-state index contributed by atoms with van der Waals surface area (Å²) in [5.74, 6) is -0.100. The molecule has 0 aromatic heterocycles. The minimum Gasteiger partial charge on any atom is -0.338 e. The highest BCUT2D eigenvalue weighted by atomic mass is 16.2. The number of allylic oxidation sites excluding steroid dienone is 3. The fourth-order valence-electron chi connectivity index (χ4n) is 2.74. The van der Waals surface area contributed by atoms with Crippen LogP contribution in [0.2, 0.25) is 0 Å². The van der Waals surface area contributed by atoms with Crippen LogP contribution < -0.4 is 5.32 Å². The maximum Gasteiger partial charge on any atom is 0.246 e. The summed E-state index contributed by atoms with van der Waals surface area (Å²) in [7, 11) is 0. The molecule has 1 amide bonds. The van der Waals surface area contributed by atoms with Crippen LogP contribution >= 0.6 is 0 Å². The molecular weight excluding hydrogens is 410 g/mol. The number of hydrogen-bond donors (Lipinski definition) is 1. The van der Waals surface area contributed by atoms with Gasteiger partial charge in [0, 0.05) is 50.9 Å². The van der Waals surface area contributed by atoms with E-state index < -0.39 is 0 Å². The molecule has 0 aliphatic heterocycles. The van der Waals surface area contributed by atoms with Crippen LogP contribution in [0.5, 0.6) is 0 Å². The third kappa shape index (κ3) is 11.0. The van der Waals surface area contributed by atoms with Crippen LogP contribution in [0.3, 0.4) is 0 Å². The van der Waals surface area contributed by atoms with Gasteiger partial charge in [0.05, 0.1) is 11.4 Å². The van der Waals surface area contributed by atoms with Crippen molar-refractivity contribution in [1.29, 1.82) is 0 Å². The molecule has 0 saturated carbocycles. The average molecular weight is 446 g/mol. The van der Waals surface area contributed by atoms with Crippen molar-refractivity contribution in [3.05, 3.63) is 96.5 Å². The van der Waals surface area contributed by atoms with Gasteiger partial charge >= 0.3 is 0 Å². The minimum absolute atomic E-state index is 0.100. The van der Waals surface area contributed by atoms with E-state index in [1.165, 1.54) is 17.8 Å². The van der Waals surface area contributed by atoms with Gasteiger partial charge in [-0.15, -0.1) is 0 Å². The number of nitrogens with one attached hydrogen (secondary N) is 1. The number of aryl methyl sites for hydroxylation is 1. The smallest absolute Gasteiger partial charge is 0.246 e. The fraction of sp³-hybridized carbons (Fsp3) is 0.259. The summed E-state index contributed by atoms with van der Waals surface area (Å²) in [6.07, 6.45) is 14.4. The number of carbonyl (C=O) groups is 1. The maximum absolute atomic E-state index is 12.6. The number of carbonyl (C=O) groups excluding carboxylic acids is 1. The molecule has 6 heteroatoms. The van der Waals surface area contributed by atoms with Crippen LogP contribution in [0.15, 0.2) is 100 Å². The number of rotatable bonds is 15. The molecule has 0 unspecified atom stereocenters. The van der Waals surface area contributed by atoms with E-state index in [0.717, 1.165) is 12.0 Å². The van der Waals surface area contributed by atoms with E-state index in [-0.39, 0.29) is 5.91 Å². The molecule has 0 aliphatic carbocycles. The number of hydrogen-bond acceptors (Lipinski definition) is 5. The predicted octanol–water partition coefficient (Wildman–Crippen LogP) is 4.53. The third-order valence-electron chi connectivity index (χ3n) is 4.68. The number of nitrogens with zero attached hydrogens (tertiary/aromatic N) is 4. The van der Waals surface area contributed by atoms with Crippen molar-refractivity contribution in [3.8, 4) is 0 Å². The van der Waals surface area contributed by atoms with Crippen LogP contribution in [0.1, 0.15) is 25.0 Å². The van der Waals surface area contributed by atoms with Crippen molar-refractivity contribution in [2.45, 2.75) is 20.3 Å². The second-order valence-corrected chi connectivity index (χ2v) is 6.85. The quantitative estimate of drug-likeness (QED) is 0.186. The molecule has 1 rings (SSSR count). The SMILES string of the molecule is C=C/N=C\C=C/CNCCN(CC)C(=O)/C=C/C(N=C)=C(C=C)/N=C/c1ccc(CC)cc1. The molecule has 1 aromatic rings. The van der Waals surface area contributed by atoms with E-state index in [4.69, 9.17) is 0 Å². The van der Waals surface area contributed by atoms with Gasteiger partial charge < -0.3 is 10.2 Å². The van der Waals surface area contributed by atoms with Crippen molar-refractivity contribution >= 4 is 25.1 Å². The van der Waals surface area contributed by atoms with Gasteiger partial charge in [0.15, 0.2) is 0 Å². The molecule has 0 heterocycles. The molecule has 33 heavy (non-hydrogen) atoms. The maximum atomic E-state index is 12.6. The van der Waals surface area contributed by atoms with Gasteiger partial charge in [-0.3, -0.25) is 19.8 Å². The lowest BCUT2D eigenvalue weighted by Gasteiger charge is -2.19. The second kappa shape index (κ2) is 17.0. The Morgan fingerprint density at radius 1 is 1.12 bits per heavy atom. The van der Waals surface area contributed by atoms with E-state index >= 15 is 0 Å². The van der Waals surface area contributed by atoms with E-state index in [1.54, 1.807) is 29.5 Å². The molecule has 0 aliphatic rings. The zero-order valence-electron chi connectivity index (χ0n) is 19.8. The summed E-state index contributed by atoms with van der Waals surface area (Å²) >= 11 is 0. The first-order valence-corrected chi connectivity index (χ1v) is 11.0. The molecule has 0 atom stereocenters. The molecule has 0 bridgehead atoms. The Bertz CT molecular complexity index is 920. The Labute approximate surface area is 198 Å². The van der Waals surface area contributed by atoms with Gasteiger partial charge in [-0.05, 0) is 49.4 Å². The molecule has 0 fully saturated rings. The Morgan fingerprint density at radius 2 is 1.88 bits per heavy atom. The predicted molar refractivity (Wildman–Crippen MR) is 142 cm³/mol. The van der Waals surface area contributed by atoms with Crippen LogP contribution in [-0.2, 0) is 11.2 Å². The first kappa shape index (κ1) is 27.4. The standard InChI is InChI=1S/C27H35N5O/c1-6-23-12-14-24(15-13-23)22-31-25(7-2)26(28-5)16-17-27(33)32(9-4)21-20-30-19-11-10-18-29-8-3/h7-8,10-18,22,30H,2-3,5-6,9,19-21H2,1,4H3/b11-10-,17-16+,26-25-,29-18-,31-22+. The van der Waals surface area contributed by atoms with E-state index in [0.29, 0.717) is 37.6 Å². The molecule has 0 spiro atoms. The number of aliphatic imine (C=N–C) groups is 3. The molecular formula is C27H35N5O. The van der Waals surface area contributed by atoms with Gasteiger partial charge in [-0.25, -0.2) is 0 Å². The minimum atomic E-state index is -0.100. The van der Waals surface area contributed by atoms with Gasteiger partial charge in [-0.2, -0.15) is 0 Å². The largest absolute Gasteiger partial charge is 0.338 e. The van der Waals surface area contributed by atoms with E-state index in [1.807, 2.05) is 31.2 Å². The van der Waals surface area contributed by atoms with Crippen molar-refractivity contribution in [2.75, 3.05) is 26.2 Å². The molecule has 1 aromatic carbocycles. The molecule has 0 radical (unpaired) electrons. The van der Waals surface area contributed by atoms with Crippen molar-refractivity contribution < 1.29 is 4.79 Å². The Morgan fingerprint density at radius 3 is 2.48 bits per heavy atom. The first-order valence-electron chi connectivity index (χ1n) is 11.0. The summed E-state index contributed by atoms with van der Waals surface area (Å²) in [4.78, 5) is 26.7. The van der Waals surface area contributed by atoms with Gasteiger partial charge in [0.1, 0.15) is 0 Å². The highest BCUT2D eigenvalue weighted by Gasteiger charge is 2.08. The van der Waals surface area contributed by atoms with Gasteiger partial charge in [0.25, 0.3) is 0 Å². The normalized spacial score (nSPS) is 12.5. The number of benzene rings is 1. The highest BCUT2D eigenvalue weighted by Crippen LogP contribution is 2.12. The lowest BCUT2D eigenvalue weighted by molar-refractivity contribution is -0.125. The third-order valence-corrected chi connectivity index (χ3v) is 4.68. The van der Waals surface area contributed by atoms with E-state index in [9.17, 15) is 4.79 Å². The van der Waals surface area contributed by atoms with Crippen molar-refractivity contribution in [3.63, 3.8) is 0 Å². The average Bonchev–Trinajstić information content (AvgIpc) is 2.85. The van der Waals surface area contributed by atoms with Gasteiger partial charge in [0.2, 0.25) is 5.91 Å². The summed E-state index contributed by atoms with van der Waals surface area (Å²) in [5, 5.41) is 3.26. The van der Waals surface area contributed by atoms with Gasteiger partial charge in [-0.1, -0.05) is 50.4 Å². The topological polar surface area (TPSA) is 69.4 Å². The van der Waals surface area contributed by atoms with Crippen LogP contribution in [0.4, 0.5) is 0 Å². The lowest BCUT2D eigenvalue weighted by atomic mass is 10.1. The number of amides is 1. The Balaban J connectivity index is 2.73. The summed E-state index contributed by atoms with van der Waals surface area (Å²) in [6.45, 7) is 17.6. The Kier molecular flexibility index (Phi) is 14.1.